The lowest BCUT2D eigenvalue weighted by Gasteiger charge is -2.41. The van der Waals surface area contributed by atoms with Crippen LogP contribution in [0.4, 0.5) is 11.4 Å². The van der Waals surface area contributed by atoms with Crippen LogP contribution < -0.4 is 21.3 Å². The number of hydrogen-bond donors (Lipinski definition) is 4. The number of anilines is 2. The largest absolute Gasteiger partial charge is 0.466 e. The zero-order chi connectivity index (χ0) is 26.0. The molecule has 0 saturated heterocycles. The number of nitrogens with one attached hydrogen (secondary N) is 4. The van der Waals surface area contributed by atoms with E-state index in [1.54, 1.807) is 13.1 Å². The number of thiocarbonyl (C=S) groups is 1. The predicted molar refractivity (Wildman–Crippen MR) is 146 cm³/mol. The van der Waals surface area contributed by atoms with E-state index < -0.39 is 17.5 Å². The quantitative estimate of drug-likeness (QED) is 0.217. The minimum Gasteiger partial charge on any atom is -0.466 e. The average Bonchev–Trinajstić information content (AvgIpc) is 2.92. The molecule has 190 valence electrons. The first-order chi connectivity index (χ1) is 17.4. The molecular weight excluding hydrogens is 476 g/mol. The number of para-hydroxylation sites is 2. The van der Waals surface area contributed by atoms with Gasteiger partial charge in [-0.05, 0) is 55.4 Å². The summed E-state index contributed by atoms with van der Waals surface area (Å²) in [7, 11) is 4.37. The van der Waals surface area contributed by atoms with Gasteiger partial charge < -0.3 is 30.7 Å². The summed E-state index contributed by atoms with van der Waals surface area (Å²) in [4.78, 5) is 25.6. The third kappa shape index (κ3) is 6.63. The molecule has 2 aromatic carbocycles. The Hall–Kier alpha value is -3.85. The first kappa shape index (κ1) is 26.7. The Bertz CT molecular complexity index is 1130. The number of benzene rings is 2. The molecule has 1 unspecified atom stereocenters. The summed E-state index contributed by atoms with van der Waals surface area (Å²) in [6.07, 6.45) is 3.23. The number of esters is 2. The number of carbonyl (C=O) groups excluding carboxylic acids is 2. The normalized spacial score (nSPS) is 16.9. The van der Waals surface area contributed by atoms with E-state index in [1.807, 2.05) is 60.7 Å². The van der Waals surface area contributed by atoms with E-state index in [-0.39, 0.29) is 17.6 Å². The van der Waals surface area contributed by atoms with Gasteiger partial charge in [-0.2, -0.15) is 0 Å². The van der Waals surface area contributed by atoms with Crippen LogP contribution >= 0.6 is 12.2 Å². The Morgan fingerprint density at radius 2 is 1.56 bits per heavy atom. The molecule has 0 bridgehead atoms. The second kappa shape index (κ2) is 12.7. The molecule has 4 N–H and O–H groups in total. The van der Waals surface area contributed by atoms with E-state index in [0.29, 0.717) is 18.1 Å². The van der Waals surface area contributed by atoms with Crippen LogP contribution in [0.25, 0.3) is 0 Å². The SMILES string of the molecule is CNC(=S)NCCCC1(Nc2ccccc2)CC(C(=O)OC)=C(C(=O)OC)C=C1Nc1ccccc1. The van der Waals surface area contributed by atoms with Crippen molar-refractivity contribution in [2.24, 2.45) is 0 Å². The van der Waals surface area contributed by atoms with Gasteiger partial charge >= 0.3 is 11.9 Å². The summed E-state index contributed by atoms with van der Waals surface area (Å²) in [5.41, 5.74) is 2.13. The van der Waals surface area contributed by atoms with Crippen molar-refractivity contribution in [3.63, 3.8) is 0 Å². The third-order valence-corrected chi connectivity index (χ3v) is 6.30. The highest BCUT2D eigenvalue weighted by Crippen LogP contribution is 2.40. The number of methoxy groups -OCH3 is 2. The lowest BCUT2D eigenvalue weighted by Crippen LogP contribution is -2.47. The van der Waals surface area contributed by atoms with Gasteiger partial charge in [0.05, 0.1) is 30.9 Å². The van der Waals surface area contributed by atoms with Crippen molar-refractivity contribution < 1.29 is 19.1 Å². The Kier molecular flexibility index (Phi) is 9.46. The first-order valence-corrected chi connectivity index (χ1v) is 12.1. The van der Waals surface area contributed by atoms with Gasteiger partial charge in [0, 0.05) is 37.1 Å². The van der Waals surface area contributed by atoms with Crippen LogP contribution in [-0.2, 0) is 19.1 Å². The van der Waals surface area contributed by atoms with E-state index in [2.05, 4.69) is 21.3 Å². The van der Waals surface area contributed by atoms with Crippen LogP contribution in [0.1, 0.15) is 19.3 Å². The van der Waals surface area contributed by atoms with Crippen LogP contribution in [0.15, 0.2) is 83.6 Å². The second-order valence-corrected chi connectivity index (χ2v) is 8.69. The maximum absolute atomic E-state index is 12.9. The van der Waals surface area contributed by atoms with Crippen molar-refractivity contribution in [2.75, 3.05) is 38.4 Å². The van der Waals surface area contributed by atoms with Crippen molar-refractivity contribution in [3.05, 3.63) is 83.6 Å². The van der Waals surface area contributed by atoms with Gasteiger partial charge in [0.2, 0.25) is 0 Å². The van der Waals surface area contributed by atoms with Crippen molar-refractivity contribution in [2.45, 2.75) is 24.8 Å². The maximum atomic E-state index is 12.9. The van der Waals surface area contributed by atoms with Crippen LogP contribution in [0.3, 0.4) is 0 Å². The monoisotopic (exact) mass is 508 g/mol. The molecule has 3 rings (SSSR count). The van der Waals surface area contributed by atoms with Crippen LogP contribution in [0.5, 0.6) is 0 Å². The van der Waals surface area contributed by atoms with Gasteiger partial charge in [-0.3, -0.25) is 0 Å². The Balaban J connectivity index is 2.10. The molecule has 0 radical (unpaired) electrons. The highest BCUT2D eigenvalue weighted by Gasteiger charge is 2.42. The predicted octanol–water partition coefficient (Wildman–Crippen LogP) is 3.75. The van der Waals surface area contributed by atoms with Crippen LogP contribution in [0.2, 0.25) is 0 Å². The number of rotatable bonds is 10. The van der Waals surface area contributed by atoms with Crippen LogP contribution in [-0.4, -0.2) is 50.4 Å². The first-order valence-electron chi connectivity index (χ1n) is 11.7. The van der Waals surface area contributed by atoms with Gasteiger partial charge in [0.1, 0.15) is 0 Å². The molecule has 1 atom stereocenters. The highest BCUT2D eigenvalue weighted by atomic mass is 32.1. The fraction of sp³-hybridized carbons (Fsp3) is 0.296. The summed E-state index contributed by atoms with van der Waals surface area (Å²) in [5, 5.41) is 13.8. The second-order valence-electron chi connectivity index (χ2n) is 8.28. The third-order valence-electron chi connectivity index (χ3n) is 5.95. The molecule has 0 aromatic heterocycles. The van der Waals surface area contributed by atoms with Gasteiger partial charge in [0.15, 0.2) is 5.11 Å². The fourth-order valence-corrected chi connectivity index (χ4v) is 4.27. The summed E-state index contributed by atoms with van der Waals surface area (Å²) in [6, 6.07) is 19.4. The summed E-state index contributed by atoms with van der Waals surface area (Å²) in [5.74, 6) is -1.17. The summed E-state index contributed by atoms with van der Waals surface area (Å²) >= 11 is 5.21. The molecule has 9 heteroatoms. The van der Waals surface area contributed by atoms with Crippen molar-refractivity contribution in [3.8, 4) is 0 Å². The van der Waals surface area contributed by atoms with Crippen molar-refractivity contribution in [1.29, 1.82) is 0 Å². The van der Waals surface area contributed by atoms with Gasteiger partial charge in [-0.25, -0.2) is 9.59 Å². The molecular formula is C27H32N4O4S. The minimum absolute atomic E-state index is 0.169. The molecule has 0 fully saturated rings. The van der Waals surface area contributed by atoms with E-state index in [1.165, 1.54) is 14.2 Å². The molecule has 8 nitrogen and oxygen atoms in total. The number of ether oxygens (including phenoxy) is 2. The molecule has 36 heavy (non-hydrogen) atoms. The molecule has 0 aliphatic heterocycles. The molecule has 1 aliphatic carbocycles. The Morgan fingerprint density at radius 3 is 2.14 bits per heavy atom. The molecule has 1 aliphatic rings. The lowest BCUT2D eigenvalue weighted by molar-refractivity contribution is -0.139. The minimum atomic E-state index is -0.763. The van der Waals surface area contributed by atoms with E-state index in [4.69, 9.17) is 21.7 Å². The zero-order valence-corrected chi connectivity index (χ0v) is 21.5. The average molecular weight is 509 g/mol. The van der Waals surface area contributed by atoms with Gasteiger partial charge in [0.25, 0.3) is 0 Å². The maximum Gasteiger partial charge on any atom is 0.338 e. The molecule has 0 saturated carbocycles. The summed E-state index contributed by atoms with van der Waals surface area (Å²) in [6.45, 7) is 0.623. The van der Waals surface area contributed by atoms with Crippen LogP contribution in [0, 0.1) is 0 Å². The Labute approximate surface area is 217 Å². The Morgan fingerprint density at radius 1 is 0.944 bits per heavy atom. The van der Waals surface area contributed by atoms with E-state index in [9.17, 15) is 9.59 Å². The molecule has 2 aromatic rings. The molecule has 0 spiro atoms. The number of carbonyl (C=O) groups is 2. The van der Waals surface area contributed by atoms with Crippen molar-refractivity contribution >= 4 is 40.6 Å². The van der Waals surface area contributed by atoms with E-state index in [0.717, 1.165) is 23.5 Å². The molecule has 0 amide bonds. The number of hydrogen-bond acceptors (Lipinski definition) is 7. The molecule has 0 heterocycles. The zero-order valence-electron chi connectivity index (χ0n) is 20.7. The van der Waals surface area contributed by atoms with Gasteiger partial charge in [-0.15, -0.1) is 0 Å². The van der Waals surface area contributed by atoms with Gasteiger partial charge in [-0.1, -0.05) is 36.4 Å². The standard InChI is InChI=1S/C27H32N4O4S/c1-28-26(36)29-16-10-15-27(31-20-13-8-5-9-14-20)18-22(25(33)35-3)21(24(32)34-2)17-23(27)30-19-11-6-4-7-12-19/h4-9,11-14,17,30-31H,10,15-16,18H2,1-3H3,(H2,28,29,36). The smallest absolute Gasteiger partial charge is 0.338 e. The summed E-state index contributed by atoms with van der Waals surface area (Å²) < 4.78 is 10.1. The highest BCUT2D eigenvalue weighted by molar-refractivity contribution is 7.80. The van der Waals surface area contributed by atoms with Crippen molar-refractivity contribution in [1.82, 2.24) is 10.6 Å². The van der Waals surface area contributed by atoms with E-state index >= 15 is 0 Å². The topological polar surface area (TPSA) is 101 Å². The lowest BCUT2D eigenvalue weighted by atomic mass is 9.76. The fourth-order valence-electron chi connectivity index (χ4n) is 4.17.